The minimum absolute atomic E-state index is 0.325. The number of aromatic amines is 1. The highest BCUT2D eigenvalue weighted by Crippen LogP contribution is 2.38. The second-order valence-electron chi connectivity index (χ2n) is 7.35. The highest BCUT2D eigenvalue weighted by Gasteiger charge is 2.27. The minimum Gasteiger partial charge on any atom is -0.329 e. The summed E-state index contributed by atoms with van der Waals surface area (Å²) in [5.74, 6) is 2.99. The van der Waals surface area contributed by atoms with Crippen molar-refractivity contribution in [1.82, 2.24) is 29.7 Å². The average Bonchev–Trinajstić information content (AvgIpc) is 3.14. The monoisotopic (exact) mass is 339 g/mol. The van der Waals surface area contributed by atoms with Crippen LogP contribution in [0, 0.1) is 11.8 Å². The van der Waals surface area contributed by atoms with Gasteiger partial charge in [0.05, 0.1) is 12.0 Å². The molecule has 7 nitrogen and oxygen atoms in total. The van der Waals surface area contributed by atoms with Crippen molar-refractivity contribution in [2.24, 2.45) is 11.8 Å². The molecule has 3 heterocycles. The summed E-state index contributed by atoms with van der Waals surface area (Å²) in [5.41, 5.74) is 2.65. The fourth-order valence-electron chi connectivity index (χ4n) is 3.20. The van der Waals surface area contributed by atoms with E-state index in [2.05, 4.69) is 46.1 Å². The van der Waals surface area contributed by atoms with Gasteiger partial charge < -0.3 is 10.3 Å². The Morgan fingerprint density at radius 3 is 2.84 bits per heavy atom. The minimum atomic E-state index is 0.325. The Morgan fingerprint density at radius 1 is 1.28 bits per heavy atom. The molecule has 132 valence electrons. The molecule has 0 aromatic carbocycles. The molecular weight excluding hydrogens is 314 g/mol. The Morgan fingerprint density at radius 2 is 2.12 bits per heavy atom. The Hall–Kier alpha value is -2.44. The van der Waals surface area contributed by atoms with Gasteiger partial charge in [-0.15, -0.1) is 0 Å². The number of hydrogen-bond acceptors (Lipinski definition) is 5. The molecule has 3 aromatic heterocycles. The zero-order chi connectivity index (χ0) is 17.4. The van der Waals surface area contributed by atoms with Crippen molar-refractivity contribution in [3.05, 3.63) is 24.3 Å². The van der Waals surface area contributed by atoms with Crippen LogP contribution < -0.4 is 5.32 Å². The van der Waals surface area contributed by atoms with Crippen molar-refractivity contribution in [3.8, 4) is 0 Å². The Balaban J connectivity index is 1.55. The van der Waals surface area contributed by atoms with Gasteiger partial charge in [0.25, 0.3) is 0 Å². The molecule has 1 aliphatic rings. The van der Waals surface area contributed by atoms with Gasteiger partial charge in [0, 0.05) is 18.3 Å². The van der Waals surface area contributed by atoms with Crippen molar-refractivity contribution >= 4 is 22.9 Å². The van der Waals surface area contributed by atoms with Gasteiger partial charge in [0.15, 0.2) is 11.5 Å². The standard InChI is InChI=1S/C18H25N7/c1-11(2)25-9-8-15(24-25)22-18-21-14(7-4-12(3)13-5-6-13)16-17(23-18)20-10-19-16/h8-13H,4-7H2,1-3H3,(H2,19,20,21,22,23,24)/t12-/m1/s1. The molecule has 7 heteroatoms. The second-order valence-corrected chi connectivity index (χ2v) is 7.35. The van der Waals surface area contributed by atoms with Gasteiger partial charge in [-0.3, -0.25) is 4.68 Å². The Bertz CT molecular complexity index is 859. The molecule has 2 N–H and O–H groups in total. The van der Waals surface area contributed by atoms with Crippen LogP contribution in [0.2, 0.25) is 0 Å². The predicted octanol–water partition coefficient (Wildman–Crippen LogP) is 3.85. The average molecular weight is 339 g/mol. The number of aryl methyl sites for hydroxylation is 1. The number of hydrogen-bond donors (Lipinski definition) is 2. The number of H-pyrrole nitrogens is 1. The molecule has 0 aliphatic heterocycles. The molecule has 3 aromatic rings. The maximum atomic E-state index is 4.72. The van der Waals surface area contributed by atoms with Crippen molar-refractivity contribution < 1.29 is 0 Å². The first-order valence-electron chi connectivity index (χ1n) is 9.12. The van der Waals surface area contributed by atoms with Crippen LogP contribution in [0.25, 0.3) is 11.2 Å². The van der Waals surface area contributed by atoms with Crippen molar-refractivity contribution in [2.75, 3.05) is 5.32 Å². The highest BCUT2D eigenvalue weighted by molar-refractivity contribution is 5.74. The third kappa shape index (κ3) is 3.50. The van der Waals surface area contributed by atoms with E-state index in [0.717, 1.165) is 47.4 Å². The van der Waals surface area contributed by atoms with E-state index in [1.54, 1.807) is 6.33 Å². The lowest BCUT2D eigenvalue weighted by molar-refractivity contribution is 0.469. The van der Waals surface area contributed by atoms with Crippen LogP contribution in [0.3, 0.4) is 0 Å². The van der Waals surface area contributed by atoms with E-state index in [9.17, 15) is 0 Å². The van der Waals surface area contributed by atoms with E-state index in [1.165, 1.54) is 12.8 Å². The molecule has 0 unspecified atom stereocenters. The topological polar surface area (TPSA) is 84.3 Å². The number of aromatic nitrogens is 6. The highest BCUT2D eigenvalue weighted by atomic mass is 15.3. The van der Waals surface area contributed by atoms with Crippen LogP contribution in [0.15, 0.2) is 18.6 Å². The SMILES string of the molecule is CC(C)n1ccc(Nc2nc(CC[C@@H](C)C3CC3)c3nc[nH]c3n2)n1. The van der Waals surface area contributed by atoms with Crippen LogP contribution in [0.1, 0.15) is 51.8 Å². The second kappa shape index (κ2) is 6.46. The lowest BCUT2D eigenvalue weighted by atomic mass is 9.99. The molecule has 0 radical (unpaired) electrons. The summed E-state index contributed by atoms with van der Waals surface area (Å²) >= 11 is 0. The number of imidazole rings is 1. The number of rotatable bonds is 7. The third-order valence-corrected chi connectivity index (χ3v) is 4.99. The van der Waals surface area contributed by atoms with Crippen molar-refractivity contribution in [3.63, 3.8) is 0 Å². The van der Waals surface area contributed by atoms with E-state index in [-0.39, 0.29) is 0 Å². The largest absolute Gasteiger partial charge is 0.329 e. The van der Waals surface area contributed by atoms with Crippen molar-refractivity contribution in [1.29, 1.82) is 0 Å². The molecule has 1 aliphatic carbocycles. The molecule has 4 rings (SSSR count). The fraction of sp³-hybridized carbons (Fsp3) is 0.556. The fourth-order valence-corrected chi connectivity index (χ4v) is 3.20. The maximum absolute atomic E-state index is 4.72. The summed E-state index contributed by atoms with van der Waals surface area (Å²) in [4.78, 5) is 16.8. The molecule has 25 heavy (non-hydrogen) atoms. The lowest BCUT2D eigenvalue weighted by Crippen LogP contribution is -2.06. The summed E-state index contributed by atoms with van der Waals surface area (Å²) in [6.45, 7) is 6.55. The number of fused-ring (bicyclic) bond motifs is 1. The van der Waals surface area contributed by atoms with E-state index in [0.29, 0.717) is 12.0 Å². The summed E-state index contributed by atoms with van der Waals surface area (Å²) in [6.07, 6.45) is 8.48. The molecule has 0 spiro atoms. The zero-order valence-electron chi connectivity index (χ0n) is 15.0. The van der Waals surface area contributed by atoms with Gasteiger partial charge in [-0.25, -0.2) is 9.97 Å². The van der Waals surface area contributed by atoms with Gasteiger partial charge in [0.1, 0.15) is 5.52 Å². The van der Waals surface area contributed by atoms with Crippen LogP contribution in [-0.2, 0) is 6.42 Å². The molecule has 0 amide bonds. The van der Waals surface area contributed by atoms with Gasteiger partial charge in [0.2, 0.25) is 5.95 Å². The maximum Gasteiger partial charge on any atom is 0.230 e. The Labute approximate surface area is 147 Å². The summed E-state index contributed by atoms with van der Waals surface area (Å²) in [6, 6.07) is 2.26. The third-order valence-electron chi connectivity index (χ3n) is 4.99. The van der Waals surface area contributed by atoms with Crippen LogP contribution >= 0.6 is 0 Å². The van der Waals surface area contributed by atoms with Gasteiger partial charge >= 0.3 is 0 Å². The number of nitrogens with one attached hydrogen (secondary N) is 2. The first kappa shape index (κ1) is 16.1. The van der Waals surface area contributed by atoms with Gasteiger partial charge in [-0.05, 0) is 51.4 Å². The zero-order valence-corrected chi connectivity index (χ0v) is 15.0. The lowest BCUT2D eigenvalue weighted by Gasteiger charge is -2.10. The first-order chi connectivity index (χ1) is 12.1. The van der Waals surface area contributed by atoms with Gasteiger partial charge in [-0.2, -0.15) is 10.1 Å². The molecule has 0 saturated heterocycles. The number of anilines is 2. The molecule has 1 fully saturated rings. The molecule has 1 saturated carbocycles. The van der Waals surface area contributed by atoms with Crippen LogP contribution in [0.4, 0.5) is 11.8 Å². The smallest absolute Gasteiger partial charge is 0.230 e. The first-order valence-corrected chi connectivity index (χ1v) is 9.12. The Kier molecular flexibility index (Phi) is 4.15. The molecular formula is C18H25N7. The molecule has 1 atom stereocenters. The van der Waals surface area contributed by atoms with Crippen molar-refractivity contribution in [2.45, 2.75) is 52.5 Å². The quantitative estimate of drug-likeness (QED) is 0.683. The van der Waals surface area contributed by atoms with E-state index in [4.69, 9.17) is 4.98 Å². The van der Waals surface area contributed by atoms with Gasteiger partial charge in [-0.1, -0.05) is 6.92 Å². The summed E-state index contributed by atoms with van der Waals surface area (Å²) in [5, 5.41) is 7.73. The molecule has 0 bridgehead atoms. The summed E-state index contributed by atoms with van der Waals surface area (Å²) in [7, 11) is 0. The van der Waals surface area contributed by atoms with Crippen LogP contribution in [0.5, 0.6) is 0 Å². The normalized spacial score (nSPS) is 15.8. The number of nitrogens with zero attached hydrogens (tertiary/aromatic N) is 5. The van der Waals surface area contributed by atoms with E-state index in [1.807, 2.05) is 16.9 Å². The van der Waals surface area contributed by atoms with Crippen LogP contribution in [-0.4, -0.2) is 29.7 Å². The van der Waals surface area contributed by atoms with E-state index >= 15 is 0 Å². The predicted molar refractivity (Wildman–Crippen MR) is 97.8 cm³/mol. The summed E-state index contributed by atoms with van der Waals surface area (Å²) < 4.78 is 1.91. The van der Waals surface area contributed by atoms with E-state index < -0.39 is 0 Å².